The Hall–Kier alpha value is -2.90. The highest BCUT2D eigenvalue weighted by molar-refractivity contribution is 6.02. The first kappa shape index (κ1) is 21.4. The molecule has 28 heavy (non-hydrogen) atoms. The van der Waals surface area contributed by atoms with Crippen molar-refractivity contribution >= 4 is 22.9 Å². The number of esters is 1. The van der Waals surface area contributed by atoms with E-state index in [2.05, 4.69) is 17.2 Å². The smallest absolute Gasteiger partial charge is 0.325 e. The summed E-state index contributed by atoms with van der Waals surface area (Å²) in [6.07, 6.45) is 4.42. The number of fused-ring (bicyclic) bond motifs is 1. The third kappa shape index (κ3) is 4.88. The second-order valence-corrected chi connectivity index (χ2v) is 7.68. The normalized spacial score (nSPS) is 11.5. The van der Waals surface area contributed by atoms with Gasteiger partial charge in [-0.05, 0) is 45.2 Å². The Labute approximate surface area is 163 Å². The van der Waals surface area contributed by atoms with Gasteiger partial charge in [0.25, 0.3) is 11.5 Å². The Morgan fingerprint density at radius 3 is 2.61 bits per heavy atom. The van der Waals surface area contributed by atoms with Crippen LogP contribution in [0.25, 0.3) is 11.0 Å². The van der Waals surface area contributed by atoms with Crippen molar-refractivity contribution in [1.29, 1.82) is 0 Å². The van der Waals surface area contributed by atoms with E-state index in [-0.39, 0.29) is 5.65 Å². The van der Waals surface area contributed by atoms with Crippen LogP contribution in [-0.2, 0) is 23.0 Å². The van der Waals surface area contributed by atoms with Crippen LogP contribution < -0.4 is 10.9 Å². The molecule has 0 saturated heterocycles. The fraction of sp³-hybridized carbons (Fsp3) is 0.500. The van der Waals surface area contributed by atoms with E-state index in [9.17, 15) is 19.5 Å². The van der Waals surface area contributed by atoms with Gasteiger partial charge in [0.2, 0.25) is 0 Å². The third-order valence-electron chi connectivity index (χ3n) is 4.11. The van der Waals surface area contributed by atoms with E-state index in [4.69, 9.17) is 4.74 Å². The number of unbranched alkanes of at least 4 members (excludes halogenated alkanes) is 1. The fourth-order valence-electron chi connectivity index (χ4n) is 2.78. The van der Waals surface area contributed by atoms with E-state index >= 15 is 0 Å². The molecule has 0 aliphatic rings. The molecule has 0 saturated carbocycles. The Bertz CT molecular complexity index is 957. The molecule has 0 atom stereocenters. The first-order valence-corrected chi connectivity index (χ1v) is 9.25. The minimum Gasteiger partial charge on any atom is -0.506 e. The Morgan fingerprint density at radius 1 is 1.32 bits per heavy atom. The molecule has 0 fully saturated rings. The van der Waals surface area contributed by atoms with E-state index in [1.807, 2.05) is 0 Å². The highest BCUT2D eigenvalue weighted by Gasteiger charge is 2.23. The van der Waals surface area contributed by atoms with Crippen LogP contribution in [0.15, 0.2) is 17.1 Å². The Morgan fingerprint density at radius 2 is 2.00 bits per heavy atom. The number of amides is 1. The number of carbonyl (C=O) groups is 2. The van der Waals surface area contributed by atoms with Crippen LogP contribution in [0, 0.1) is 0 Å². The van der Waals surface area contributed by atoms with Gasteiger partial charge in [0.1, 0.15) is 29.1 Å². The molecule has 2 aromatic rings. The number of nitrogens with zero attached hydrogens (tertiary/aromatic N) is 2. The minimum absolute atomic E-state index is 0.284. The largest absolute Gasteiger partial charge is 0.506 e. The predicted molar refractivity (Wildman–Crippen MR) is 105 cm³/mol. The number of nitrogens with one attached hydrogen (secondary N) is 1. The van der Waals surface area contributed by atoms with Crippen molar-refractivity contribution in [2.75, 3.05) is 6.54 Å². The van der Waals surface area contributed by atoms with Gasteiger partial charge in [0.15, 0.2) is 0 Å². The molecule has 0 unspecified atom stereocenters. The molecular weight excluding hydrogens is 362 g/mol. The maximum absolute atomic E-state index is 12.6. The molecule has 2 aromatic heterocycles. The van der Waals surface area contributed by atoms with Crippen molar-refractivity contribution in [2.45, 2.75) is 52.6 Å². The van der Waals surface area contributed by atoms with Crippen LogP contribution in [0.5, 0.6) is 5.75 Å². The number of aromatic nitrogens is 2. The fourth-order valence-corrected chi connectivity index (χ4v) is 2.78. The Balaban J connectivity index is 2.36. The molecule has 2 N–H and O–H groups in total. The summed E-state index contributed by atoms with van der Waals surface area (Å²) in [6.45, 7) is 6.79. The summed E-state index contributed by atoms with van der Waals surface area (Å²) < 4.78 is 6.33. The van der Waals surface area contributed by atoms with Crippen LogP contribution in [0.3, 0.4) is 0 Å². The van der Waals surface area contributed by atoms with E-state index < -0.39 is 40.9 Å². The number of hydrogen-bond acceptors (Lipinski definition) is 6. The summed E-state index contributed by atoms with van der Waals surface area (Å²) in [5.74, 6) is -1.92. The van der Waals surface area contributed by atoms with E-state index in [0.717, 1.165) is 24.8 Å². The maximum Gasteiger partial charge on any atom is 0.325 e. The Kier molecular flexibility index (Phi) is 6.43. The lowest BCUT2D eigenvalue weighted by atomic mass is 10.1. The first-order valence-electron chi connectivity index (χ1n) is 9.25. The highest BCUT2D eigenvalue weighted by Crippen LogP contribution is 2.26. The maximum atomic E-state index is 12.6. The average molecular weight is 389 g/mol. The van der Waals surface area contributed by atoms with Gasteiger partial charge in [0.05, 0.1) is 5.39 Å². The molecule has 1 amide bonds. The van der Waals surface area contributed by atoms with Gasteiger partial charge in [-0.2, -0.15) is 0 Å². The van der Waals surface area contributed by atoms with Gasteiger partial charge >= 0.3 is 5.97 Å². The van der Waals surface area contributed by atoms with Crippen LogP contribution in [-0.4, -0.2) is 38.7 Å². The van der Waals surface area contributed by atoms with Gasteiger partial charge in [-0.3, -0.25) is 19.0 Å². The van der Waals surface area contributed by atoms with Crippen LogP contribution in [0.2, 0.25) is 0 Å². The number of rotatable bonds is 6. The number of aryl methyl sites for hydroxylation is 2. The summed E-state index contributed by atoms with van der Waals surface area (Å²) in [5, 5.41) is 13.3. The van der Waals surface area contributed by atoms with E-state index in [0.29, 0.717) is 5.39 Å². The third-order valence-corrected chi connectivity index (χ3v) is 4.11. The van der Waals surface area contributed by atoms with Crippen LogP contribution >= 0.6 is 0 Å². The average Bonchev–Trinajstić information content (AvgIpc) is 2.61. The van der Waals surface area contributed by atoms with Crippen molar-refractivity contribution in [2.24, 2.45) is 7.05 Å². The molecule has 0 aliphatic heterocycles. The summed E-state index contributed by atoms with van der Waals surface area (Å²) in [7, 11) is 1.48. The molecule has 8 nitrogen and oxygen atoms in total. The number of pyridine rings is 2. The molecule has 0 aromatic carbocycles. The lowest BCUT2D eigenvalue weighted by Crippen LogP contribution is -2.37. The summed E-state index contributed by atoms with van der Waals surface area (Å²) in [6, 6.07) is 1.73. The number of carbonyl (C=O) groups excluding carboxylic acids is 2. The molecule has 0 aliphatic carbocycles. The number of ether oxygens (including phenoxy) is 1. The lowest BCUT2D eigenvalue weighted by molar-refractivity contribution is -0.153. The number of aromatic hydroxyl groups is 1. The van der Waals surface area contributed by atoms with Gasteiger partial charge in [-0.1, -0.05) is 13.3 Å². The quantitative estimate of drug-likeness (QED) is 0.732. The second-order valence-electron chi connectivity index (χ2n) is 7.68. The molecule has 152 valence electrons. The van der Waals surface area contributed by atoms with Crippen molar-refractivity contribution in [3.63, 3.8) is 0 Å². The molecular formula is C20H27N3O5. The van der Waals surface area contributed by atoms with Gasteiger partial charge in [-0.25, -0.2) is 4.98 Å². The SMILES string of the molecule is CCCCc1cnc2c(c1)c(O)c(C(=O)NCC(=O)OC(C)(C)C)c(=O)n2C. The lowest BCUT2D eigenvalue weighted by Gasteiger charge is -2.19. The van der Waals surface area contributed by atoms with Gasteiger partial charge in [-0.15, -0.1) is 0 Å². The topological polar surface area (TPSA) is 111 Å². The van der Waals surface area contributed by atoms with Crippen molar-refractivity contribution in [3.05, 3.63) is 33.7 Å². The summed E-state index contributed by atoms with van der Waals surface area (Å²) >= 11 is 0. The standard InChI is InChI=1S/C20H27N3O5/c1-6-7-8-12-9-13-16(25)15(19(27)23(5)17(13)21-10-12)18(26)22-11-14(24)28-20(2,3)4/h9-10,25H,6-8,11H2,1-5H3,(H,22,26). The molecule has 2 rings (SSSR count). The van der Waals surface area contributed by atoms with Gasteiger partial charge in [0, 0.05) is 13.2 Å². The predicted octanol–water partition coefficient (Wildman–Crippen LogP) is 2.05. The second kappa shape index (κ2) is 8.41. The summed E-state index contributed by atoms with van der Waals surface area (Å²) in [4.78, 5) is 41.1. The summed E-state index contributed by atoms with van der Waals surface area (Å²) in [5.41, 5.74) is -0.618. The zero-order valence-electron chi connectivity index (χ0n) is 17.0. The van der Waals surface area contributed by atoms with Crippen molar-refractivity contribution < 1.29 is 19.4 Å². The minimum atomic E-state index is -0.843. The van der Waals surface area contributed by atoms with E-state index in [1.165, 1.54) is 11.6 Å². The molecule has 2 heterocycles. The van der Waals surface area contributed by atoms with Crippen molar-refractivity contribution in [1.82, 2.24) is 14.9 Å². The molecule has 8 heteroatoms. The monoisotopic (exact) mass is 389 g/mol. The first-order chi connectivity index (χ1) is 13.0. The molecule has 0 spiro atoms. The highest BCUT2D eigenvalue weighted by atomic mass is 16.6. The zero-order valence-corrected chi connectivity index (χ0v) is 17.0. The van der Waals surface area contributed by atoms with Gasteiger partial charge < -0.3 is 15.2 Å². The van der Waals surface area contributed by atoms with Crippen LogP contribution in [0.1, 0.15) is 56.5 Å². The number of hydrogen-bond donors (Lipinski definition) is 2. The molecule has 0 bridgehead atoms. The van der Waals surface area contributed by atoms with Crippen molar-refractivity contribution in [3.8, 4) is 5.75 Å². The zero-order chi connectivity index (χ0) is 21.1. The van der Waals surface area contributed by atoms with E-state index in [1.54, 1.807) is 33.0 Å². The van der Waals surface area contributed by atoms with Crippen LogP contribution in [0.4, 0.5) is 0 Å². The molecule has 0 radical (unpaired) electrons.